The molecule has 1 atom stereocenters. The van der Waals surface area contributed by atoms with Crippen molar-refractivity contribution < 1.29 is 19.7 Å². The monoisotopic (exact) mass is 280 g/mol. The van der Waals surface area contributed by atoms with Crippen LogP contribution in [-0.4, -0.2) is 51.9 Å². The SMILES string of the molecule is COCC1(C(=O)O)CCCN1Cc1nc(C)ccc1O. The van der Waals surface area contributed by atoms with E-state index in [-0.39, 0.29) is 12.4 Å². The predicted molar refractivity (Wildman–Crippen MR) is 72.5 cm³/mol. The van der Waals surface area contributed by atoms with Crippen molar-refractivity contribution in [3.05, 3.63) is 23.5 Å². The van der Waals surface area contributed by atoms with Gasteiger partial charge in [0.25, 0.3) is 0 Å². The molecule has 0 aliphatic carbocycles. The fourth-order valence-corrected chi connectivity index (χ4v) is 2.77. The van der Waals surface area contributed by atoms with Gasteiger partial charge in [0.1, 0.15) is 11.3 Å². The van der Waals surface area contributed by atoms with Gasteiger partial charge in [-0.25, -0.2) is 0 Å². The van der Waals surface area contributed by atoms with Crippen LogP contribution in [-0.2, 0) is 16.1 Å². The number of likely N-dealkylation sites (tertiary alicyclic amines) is 1. The lowest BCUT2D eigenvalue weighted by molar-refractivity contribution is -0.153. The largest absolute Gasteiger partial charge is 0.506 e. The molecule has 1 aromatic rings. The maximum absolute atomic E-state index is 11.7. The van der Waals surface area contributed by atoms with E-state index in [0.29, 0.717) is 25.2 Å². The average Bonchev–Trinajstić information content (AvgIpc) is 2.79. The second-order valence-electron chi connectivity index (χ2n) is 5.21. The summed E-state index contributed by atoms with van der Waals surface area (Å²) in [6.07, 6.45) is 1.34. The smallest absolute Gasteiger partial charge is 0.326 e. The van der Waals surface area contributed by atoms with Crippen molar-refractivity contribution in [2.75, 3.05) is 20.3 Å². The highest BCUT2D eigenvalue weighted by Gasteiger charge is 2.48. The van der Waals surface area contributed by atoms with Gasteiger partial charge in [0, 0.05) is 19.3 Å². The van der Waals surface area contributed by atoms with Crippen molar-refractivity contribution >= 4 is 5.97 Å². The Kier molecular flexibility index (Phi) is 4.25. The molecule has 6 nitrogen and oxygen atoms in total. The van der Waals surface area contributed by atoms with Crippen molar-refractivity contribution in [3.63, 3.8) is 0 Å². The number of aromatic nitrogens is 1. The van der Waals surface area contributed by atoms with Gasteiger partial charge in [-0.2, -0.15) is 0 Å². The lowest BCUT2D eigenvalue weighted by atomic mass is 9.97. The number of hydrogen-bond acceptors (Lipinski definition) is 5. The van der Waals surface area contributed by atoms with Gasteiger partial charge in [0.05, 0.1) is 12.3 Å². The molecule has 1 aliphatic heterocycles. The molecule has 1 aliphatic rings. The zero-order valence-corrected chi connectivity index (χ0v) is 11.8. The molecule has 1 unspecified atom stereocenters. The van der Waals surface area contributed by atoms with Gasteiger partial charge in [0.2, 0.25) is 0 Å². The van der Waals surface area contributed by atoms with E-state index in [1.807, 2.05) is 11.8 Å². The van der Waals surface area contributed by atoms with E-state index < -0.39 is 11.5 Å². The maximum Gasteiger partial charge on any atom is 0.326 e. The number of aliphatic carboxylic acids is 1. The molecule has 6 heteroatoms. The Morgan fingerprint density at radius 1 is 1.55 bits per heavy atom. The number of carboxylic acid groups (broad SMARTS) is 1. The molecule has 0 radical (unpaired) electrons. The van der Waals surface area contributed by atoms with E-state index >= 15 is 0 Å². The summed E-state index contributed by atoms with van der Waals surface area (Å²) in [6.45, 7) is 2.94. The van der Waals surface area contributed by atoms with Crippen LogP contribution in [0.3, 0.4) is 0 Å². The standard InChI is InChI=1S/C14H20N2O4/c1-10-4-5-12(17)11(15-10)8-16-7-3-6-14(16,9-20-2)13(18)19/h4-5,17H,3,6-9H2,1-2H3,(H,18,19). The minimum Gasteiger partial charge on any atom is -0.506 e. The third-order valence-electron chi connectivity index (χ3n) is 3.83. The summed E-state index contributed by atoms with van der Waals surface area (Å²) in [7, 11) is 1.50. The molecule has 1 aromatic heterocycles. The third-order valence-corrected chi connectivity index (χ3v) is 3.83. The zero-order chi connectivity index (χ0) is 14.8. The number of ether oxygens (including phenoxy) is 1. The number of aryl methyl sites for hydroxylation is 1. The van der Waals surface area contributed by atoms with Gasteiger partial charge in [-0.05, 0) is 38.4 Å². The molecule has 1 fully saturated rings. The molecule has 0 amide bonds. The van der Waals surface area contributed by atoms with E-state index in [4.69, 9.17) is 4.74 Å². The summed E-state index contributed by atoms with van der Waals surface area (Å²) in [5, 5.41) is 19.4. The van der Waals surface area contributed by atoms with Crippen molar-refractivity contribution in [3.8, 4) is 5.75 Å². The molecular weight excluding hydrogens is 260 g/mol. The Hall–Kier alpha value is -1.66. The van der Waals surface area contributed by atoms with E-state index in [2.05, 4.69) is 4.98 Å². The van der Waals surface area contributed by atoms with Gasteiger partial charge in [-0.3, -0.25) is 14.7 Å². The minimum absolute atomic E-state index is 0.0965. The first kappa shape index (κ1) is 14.7. The fraction of sp³-hybridized carbons (Fsp3) is 0.571. The second kappa shape index (κ2) is 5.76. The van der Waals surface area contributed by atoms with Crippen LogP contribution in [0.25, 0.3) is 0 Å². The zero-order valence-electron chi connectivity index (χ0n) is 11.8. The van der Waals surface area contributed by atoms with Gasteiger partial charge < -0.3 is 14.9 Å². The van der Waals surface area contributed by atoms with E-state index in [1.54, 1.807) is 12.1 Å². The molecule has 1 saturated heterocycles. The maximum atomic E-state index is 11.7. The normalized spacial score (nSPS) is 23.1. The topological polar surface area (TPSA) is 82.9 Å². The van der Waals surface area contributed by atoms with Crippen LogP contribution in [0.2, 0.25) is 0 Å². The lowest BCUT2D eigenvalue weighted by Crippen LogP contribution is -2.53. The first-order valence-corrected chi connectivity index (χ1v) is 6.62. The molecular formula is C14H20N2O4. The highest BCUT2D eigenvalue weighted by Crippen LogP contribution is 2.32. The number of rotatable bonds is 5. The Morgan fingerprint density at radius 2 is 2.30 bits per heavy atom. The minimum atomic E-state index is -1.02. The van der Waals surface area contributed by atoms with Gasteiger partial charge in [-0.15, -0.1) is 0 Å². The molecule has 110 valence electrons. The molecule has 2 heterocycles. The Labute approximate surface area is 118 Å². The summed E-state index contributed by atoms with van der Waals surface area (Å²) in [5.41, 5.74) is 0.283. The van der Waals surface area contributed by atoms with Crippen LogP contribution in [0.15, 0.2) is 12.1 Å². The molecule has 2 N–H and O–H groups in total. The third kappa shape index (κ3) is 2.62. The molecule has 0 bridgehead atoms. The number of hydrogen-bond donors (Lipinski definition) is 2. The van der Waals surface area contributed by atoms with Gasteiger partial charge in [-0.1, -0.05) is 0 Å². The Bertz CT molecular complexity index is 506. The summed E-state index contributed by atoms with van der Waals surface area (Å²) in [6, 6.07) is 3.31. The highest BCUT2D eigenvalue weighted by atomic mass is 16.5. The number of aromatic hydroxyl groups is 1. The second-order valence-corrected chi connectivity index (χ2v) is 5.21. The molecule has 2 rings (SSSR count). The quantitative estimate of drug-likeness (QED) is 0.842. The van der Waals surface area contributed by atoms with Crippen molar-refractivity contribution in [2.45, 2.75) is 31.8 Å². The molecule has 0 spiro atoms. The van der Waals surface area contributed by atoms with Crippen LogP contribution >= 0.6 is 0 Å². The van der Waals surface area contributed by atoms with Gasteiger partial charge in [0.15, 0.2) is 0 Å². The van der Waals surface area contributed by atoms with Crippen LogP contribution in [0.1, 0.15) is 24.2 Å². The number of nitrogens with zero attached hydrogens (tertiary/aromatic N) is 2. The molecule has 20 heavy (non-hydrogen) atoms. The number of carbonyl (C=O) groups is 1. The Morgan fingerprint density at radius 3 is 2.95 bits per heavy atom. The molecule has 0 aromatic carbocycles. The van der Waals surface area contributed by atoms with Crippen molar-refractivity contribution in [1.29, 1.82) is 0 Å². The number of carboxylic acids is 1. The van der Waals surface area contributed by atoms with Gasteiger partial charge >= 0.3 is 5.97 Å². The average molecular weight is 280 g/mol. The first-order valence-electron chi connectivity index (χ1n) is 6.62. The van der Waals surface area contributed by atoms with Crippen LogP contribution in [0, 0.1) is 6.92 Å². The predicted octanol–water partition coefficient (Wildman–Crippen LogP) is 1.16. The van der Waals surface area contributed by atoms with Crippen LogP contribution in [0.4, 0.5) is 0 Å². The lowest BCUT2D eigenvalue weighted by Gasteiger charge is -2.33. The number of pyridine rings is 1. The van der Waals surface area contributed by atoms with Crippen molar-refractivity contribution in [2.24, 2.45) is 0 Å². The van der Waals surface area contributed by atoms with Crippen LogP contribution in [0.5, 0.6) is 5.75 Å². The first-order chi connectivity index (χ1) is 9.49. The fourth-order valence-electron chi connectivity index (χ4n) is 2.77. The van der Waals surface area contributed by atoms with Crippen molar-refractivity contribution in [1.82, 2.24) is 9.88 Å². The van der Waals surface area contributed by atoms with E-state index in [9.17, 15) is 15.0 Å². The van der Waals surface area contributed by atoms with E-state index in [0.717, 1.165) is 12.1 Å². The highest BCUT2D eigenvalue weighted by molar-refractivity contribution is 5.79. The Balaban J connectivity index is 2.26. The molecule has 0 saturated carbocycles. The summed E-state index contributed by atoms with van der Waals surface area (Å²) < 4.78 is 5.11. The summed E-state index contributed by atoms with van der Waals surface area (Å²) in [4.78, 5) is 17.8. The summed E-state index contributed by atoms with van der Waals surface area (Å²) >= 11 is 0. The van der Waals surface area contributed by atoms with E-state index in [1.165, 1.54) is 7.11 Å². The van der Waals surface area contributed by atoms with Crippen LogP contribution < -0.4 is 0 Å². The number of methoxy groups -OCH3 is 1. The summed E-state index contributed by atoms with van der Waals surface area (Å²) in [5.74, 6) is -0.789.